The van der Waals surface area contributed by atoms with Crippen molar-refractivity contribution in [1.29, 1.82) is 0 Å². The van der Waals surface area contributed by atoms with Crippen molar-refractivity contribution < 1.29 is 37.6 Å². The number of rotatable bonds is 81. The second-order valence-corrected chi connectivity index (χ2v) is 30.2. The molecule has 544 valence electrons. The lowest BCUT2D eigenvalue weighted by atomic mass is 10.0. The molecule has 10 heteroatoms. The van der Waals surface area contributed by atoms with Crippen LogP contribution in [0.1, 0.15) is 476 Å². The number of phosphoric ester groups is 1. The van der Waals surface area contributed by atoms with Crippen LogP contribution in [0.4, 0.5) is 0 Å². The molecule has 0 spiro atoms. The molecule has 0 aromatic rings. The van der Waals surface area contributed by atoms with Crippen LogP contribution in [-0.2, 0) is 32.7 Å². The lowest BCUT2D eigenvalue weighted by Gasteiger charge is -2.19. The normalized spacial score (nSPS) is 12.7. The van der Waals surface area contributed by atoms with Gasteiger partial charge in [0.2, 0.25) is 0 Å². The van der Waals surface area contributed by atoms with Crippen LogP contribution in [0.25, 0.3) is 0 Å². The van der Waals surface area contributed by atoms with E-state index in [9.17, 15) is 19.0 Å². The first-order valence-corrected chi connectivity index (χ1v) is 43.0. The SMILES string of the molecule is CCCCCCCCCCCCCCCCCCCCCCCCCCCCCCCCCCCCCCC(=O)OC(COC(=O)CCCCCCCCCCCCCCCCCCCCCCCCCCCCCCCCCCCC)COP(=O)(O)OCCN. The summed E-state index contributed by atoms with van der Waals surface area (Å²) in [5.41, 5.74) is 5.42. The standard InChI is InChI=1S/C81H162NO8P/c1-3-5-7-9-11-13-15-17-19-21-23-25-27-29-31-33-35-37-39-40-42-44-46-48-50-52-54-56-58-60-62-64-66-68-70-72-74-81(84)90-79(78-89-91(85,86)88-76-75-82)77-87-80(83)73-71-69-67-65-63-61-59-57-55-53-51-49-47-45-43-41-38-36-34-32-30-28-26-24-22-20-18-16-14-12-10-8-6-4-2/h79H,3-78,82H2,1-2H3,(H,85,86). The van der Waals surface area contributed by atoms with E-state index in [1.165, 1.54) is 411 Å². The molecule has 0 radical (unpaired) electrons. The Labute approximate surface area is 568 Å². The van der Waals surface area contributed by atoms with Gasteiger partial charge < -0.3 is 20.1 Å². The number of hydrogen-bond acceptors (Lipinski definition) is 8. The number of carbonyl (C=O) groups is 2. The zero-order valence-electron chi connectivity index (χ0n) is 61.6. The molecule has 0 bridgehead atoms. The van der Waals surface area contributed by atoms with Gasteiger partial charge in [0.15, 0.2) is 6.10 Å². The molecule has 0 saturated carbocycles. The predicted octanol–water partition coefficient (Wildman–Crippen LogP) is 27.7. The maximum atomic E-state index is 12.8. The smallest absolute Gasteiger partial charge is 0.462 e. The fraction of sp³-hybridized carbons (Fsp3) is 0.975. The minimum atomic E-state index is -4.39. The molecule has 0 aromatic heterocycles. The van der Waals surface area contributed by atoms with Crippen LogP contribution in [0.2, 0.25) is 0 Å². The maximum absolute atomic E-state index is 12.8. The van der Waals surface area contributed by atoms with Gasteiger partial charge in [0, 0.05) is 19.4 Å². The van der Waals surface area contributed by atoms with Gasteiger partial charge in [-0.15, -0.1) is 0 Å². The van der Waals surface area contributed by atoms with Crippen LogP contribution in [0.3, 0.4) is 0 Å². The van der Waals surface area contributed by atoms with E-state index in [1.807, 2.05) is 0 Å². The van der Waals surface area contributed by atoms with Gasteiger partial charge in [-0.1, -0.05) is 450 Å². The summed E-state index contributed by atoms with van der Waals surface area (Å²) in [4.78, 5) is 35.5. The molecule has 0 saturated heterocycles. The Balaban J connectivity index is 3.71. The van der Waals surface area contributed by atoms with Crippen molar-refractivity contribution in [2.45, 2.75) is 482 Å². The van der Waals surface area contributed by atoms with Crippen LogP contribution in [0.5, 0.6) is 0 Å². The van der Waals surface area contributed by atoms with Crippen molar-refractivity contribution >= 4 is 19.8 Å². The average Bonchev–Trinajstić information content (AvgIpc) is 3.71. The van der Waals surface area contributed by atoms with Gasteiger partial charge in [-0.05, 0) is 12.8 Å². The molecule has 91 heavy (non-hydrogen) atoms. The van der Waals surface area contributed by atoms with Gasteiger partial charge in [0.05, 0.1) is 13.2 Å². The Morgan fingerprint density at radius 3 is 0.670 bits per heavy atom. The highest BCUT2D eigenvalue weighted by Crippen LogP contribution is 2.43. The van der Waals surface area contributed by atoms with Crippen molar-refractivity contribution in [3.63, 3.8) is 0 Å². The molecule has 0 amide bonds. The van der Waals surface area contributed by atoms with Crippen molar-refractivity contribution in [3.05, 3.63) is 0 Å². The summed E-state index contributed by atoms with van der Waals surface area (Å²) < 4.78 is 33.3. The molecule has 9 nitrogen and oxygen atoms in total. The molecule has 3 N–H and O–H groups in total. The van der Waals surface area contributed by atoms with E-state index < -0.39 is 26.5 Å². The van der Waals surface area contributed by atoms with Gasteiger partial charge in [0.25, 0.3) is 0 Å². The number of carbonyl (C=O) groups excluding carboxylic acids is 2. The third kappa shape index (κ3) is 77.9. The molecule has 0 aliphatic rings. The fourth-order valence-corrected chi connectivity index (χ4v) is 14.1. The zero-order chi connectivity index (χ0) is 65.8. The highest BCUT2D eigenvalue weighted by molar-refractivity contribution is 7.47. The Kier molecular flexibility index (Phi) is 77.2. The molecule has 0 aliphatic heterocycles. The van der Waals surface area contributed by atoms with Crippen LogP contribution < -0.4 is 5.73 Å². The van der Waals surface area contributed by atoms with E-state index >= 15 is 0 Å². The van der Waals surface area contributed by atoms with E-state index in [2.05, 4.69) is 13.8 Å². The van der Waals surface area contributed by atoms with E-state index in [1.54, 1.807) is 0 Å². The first kappa shape index (κ1) is 90.0. The molecule has 0 rings (SSSR count). The van der Waals surface area contributed by atoms with Crippen molar-refractivity contribution in [2.24, 2.45) is 5.73 Å². The van der Waals surface area contributed by atoms with Gasteiger partial charge in [-0.25, -0.2) is 4.57 Å². The first-order valence-electron chi connectivity index (χ1n) is 41.5. The Morgan fingerprint density at radius 2 is 0.473 bits per heavy atom. The van der Waals surface area contributed by atoms with E-state index in [4.69, 9.17) is 24.3 Å². The highest BCUT2D eigenvalue weighted by Gasteiger charge is 2.26. The Morgan fingerprint density at radius 1 is 0.286 bits per heavy atom. The van der Waals surface area contributed by atoms with Gasteiger partial charge >= 0.3 is 19.8 Å². The maximum Gasteiger partial charge on any atom is 0.472 e. The lowest BCUT2D eigenvalue weighted by Crippen LogP contribution is -2.29. The third-order valence-corrected chi connectivity index (χ3v) is 20.5. The number of ether oxygens (including phenoxy) is 2. The van der Waals surface area contributed by atoms with Gasteiger partial charge in [-0.3, -0.25) is 18.6 Å². The van der Waals surface area contributed by atoms with Crippen molar-refractivity contribution in [2.75, 3.05) is 26.4 Å². The second kappa shape index (κ2) is 78.0. The summed E-state index contributed by atoms with van der Waals surface area (Å²) in [5, 5.41) is 0. The van der Waals surface area contributed by atoms with Crippen LogP contribution >= 0.6 is 7.82 Å². The number of esters is 2. The minimum absolute atomic E-state index is 0.0590. The van der Waals surface area contributed by atoms with Crippen LogP contribution in [0, 0.1) is 0 Å². The fourth-order valence-electron chi connectivity index (χ4n) is 13.4. The average molecular weight is 1310 g/mol. The summed E-state index contributed by atoms with van der Waals surface area (Å²) in [6, 6.07) is 0. The van der Waals surface area contributed by atoms with E-state index in [-0.39, 0.29) is 32.1 Å². The van der Waals surface area contributed by atoms with Crippen LogP contribution in [-0.4, -0.2) is 49.3 Å². The molecule has 0 fully saturated rings. The monoisotopic (exact) mass is 1310 g/mol. The molecular formula is C81H162NO8P. The number of unbranched alkanes of at least 4 members (excludes halogenated alkanes) is 68. The molecular weight excluding hydrogens is 1150 g/mol. The largest absolute Gasteiger partial charge is 0.472 e. The topological polar surface area (TPSA) is 134 Å². The summed E-state index contributed by atoms with van der Waals surface area (Å²) in [7, 11) is -4.39. The van der Waals surface area contributed by atoms with Gasteiger partial charge in [0.1, 0.15) is 6.61 Å². The number of nitrogens with two attached hydrogens (primary N) is 1. The summed E-state index contributed by atoms with van der Waals surface area (Å²) in [6.45, 7) is 3.86. The first-order chi connectivity index (χ1) is 44.8. The molecule has 0 aromatic carbocycles. The van der Waals surface area contributed by atoms with E-state index in [0.717, 1.165) is 32.1 Å². The predicted molar refractivity (Wildman–Crippen MR) is 395 cm³/mol. The van der Waals surface area contributed by atoms with E-state index in [0.29, 0.717) is 12.8 Å². The molecule has 0 heterocycles. The minimum Gasteiger partial charge on any atom is -0.462 e. The number of hydrogen-bond donors (Lipinski definition) is 2. The Hall–Kier alpha value is -0.990. The summed E-state index contributed by atoms with van der Waals surface area (Å²) in [6.07, 6.45) is 95.6. The summed E-state index contributed by atoms with van der Waals surface area (Å²) in [5.74, 6) is -0.793. The quantitative estimate of drug-likeness (QED) is 0.0347. The zero-order valence-corrected chi connectivity index (χ0v) is 62.5. The Bertz CT molecular complexity index is 1450. The molecule has 2 unspecified atom stereocenters. The second-order valence-electron chi connectivity index (χ2n) is 28.7. The number of phosphoric acid groups is 1. The van der Waals surface area contributed by atoms with Crippen molar-refractivity contribution in [3.8, 4) is 0 Å². The molecule has 0 aliphatic carbocycles. The summed E-state index contributed by atoms with van der Waals surface area (Å²) >= 11 is 0. The third-order valence-electron chi connectivity index (χ3n) is 19.5. The molecule has 2 atom stereocenters. The highest BCUT2D eigenvalue weighted by atomic mass is 31.2. The lowest BCUT2D eigenvalue weighted by molar-refractivity contribution is -0.161. The van der Waals surface area contributed by atoms with Crippen LogP contribution in [0.15, 0.2) is 0 Å². The van der Waals surface area contributed by atoms with Crippen molar-refractivity contribution in [1.82, 2.24) is 0 Å². The van der Waals surface area contributed by atoms with Gasteiger partial charge in [-0.2, -0.15) is 0 Å².